The van der Waals surface area contributed by atoms with Crippen molar-refractivity contribution in [1.29, 1.82) is 5.26 Å². The molecule has 174 valence electrons. The summed E-state index contributed by atoms with van der Waals surface area (Å²) < 4.78 is 6.40. The monoisotopic (exact) mass is 450 g/mol. The lowest BCUT2D eigenvalue weighted by Gasteiger charge is -2.36. The second-order valence-electron chi connectivity index (χ2n) is 9.84. The largest absolute Gasteiger partial charge is 0.489 e. The van der Waals surface area contributed by atoms with Crippen LogP contribution >= 0.6 is 0 Å². The van der Waals surface area contributed by atoms with Crippen LogP contribution in [0.25, 0.3) is 0 Å². The minimum Gasteiger partial charge on any atom is -0.489 e. The van der Waals surface area contributed by atoms with Crippen LogP contribution in [0.2, 0.25) is 0 Å². The van der Waals surface area contributed by atoms with Gasteiger partial charge in [0.2, 0.25) is 11.8 Å². The smallest absolute Gasteiger partial charge is 0.255 e. The predicted molar refractivity (Wildman–Crippen MR) is 119 cm³/mol. The molecule has 0 bridgehead atoms. The van der Waals surface area contributed by atoms with Crippen LogP contribution in [-0.2, 0) is 16.1 Å². The van der Waals surface area contributed by atoms with E-state index in [0.717, 1.165) is 50.0 Å². The van der Waals surface area contributed by atoms with Crippen LogP contribution in [0.4, 0.5) is 0 Å². The summed E-state index contributed by atoms with van der Waals surface area (Å²) in [5.74, 6) is 0.713. The van der Waals surface area contributed by atoms with Crippen LogP contribution in [0.15, 0.2) is 18.2 Å². The lowest BCUT2D eigenvalue weighted by atomic mass is 9.75. The number of carbonyl (C=O) groups excluding carboxylic acids is 3. The lowest BCUT2D eigenvalue weighted by molar-refractivity contribution is -0.136. The van der Waals surface area contributed by atoms with E-state index in [-0.39, 0.29) is 36.3 Å². The second kappa shape index (κ2) is 9.14. The first-order valence-corrected chi connectivity index (χ1v) is 12.1. The van der Waals surface area contributed by atoms with Crippen molar-refractivity contribution in [2.75, 3.05) is 6.54 Å². The highest BCUT2D eigenvalue weighted by Crippen LogP contribution is 2.34. The zero-order valence-electron chi connectivity index (χ0n) is 18.7. The van der Waals surface area contributed by atoms with Crippen LogP contribution in [-0.4, -0.2) is 47.4 Å². The van der Waals surface area contributed by atoms with Crippen LogP contribution < -0.4 is 15.4 Å². The van der Waals surface area contributed by atoms with Gasteiger partial charge in [0.1, 0.15) is 17.9 Å². The van der Waals surface area contributed by atoms with Gasteiger partial charge in [0.25, 0.3) is 5.91 Å². The second-order valence-corrected chi connectivity index (χ2v) is 9.84. The Balaban J connectivity index is 1.21. The van der Waals surface area contributed by atoms with Crippen molar-refractivity contribution in [2.24, 2.45) is 11.8 Å². The molecule has 0 spiro atoms. The van der Waals surface area contributed by atoms with E-state index in [0.29, 0.717) is 24.4 Å². The third-order valence-corrected chi connectivity index (χ3v) is 7.57. The van der Waals surface area contributed by atoms with Crippen molar-refractivity contribution in [3.8, 4) is 11.8 Å². The Hall–Kier alpha value is -2.92. The van der Waals surface area contributed by atoms with E-state index < -0.39 is 11.9 Å². The number of amides is 3. The standard InChI is InChI=1S/C25H30N4O4/c26-12-15-9-16(10-15)13-27-20-3-1-2-4-22(20)33-18-5-6-19-17(11-18)14-29(25(19)32)21-7-8-23(30)28-24(21)31/h5-6,11,15-16,20-22,27H,1-4,7-10,13-14H2,(H,28,30,31)/t15?,16?,20-,21-,22-/m0/s1. The molecular weight excluding hydrogens is 420 g/mol. The van der Waals surface area contributed by atoms with Crippen molar-refractivity contribution in [3.63, 3.8) is 0 Å². The molecule has 3 fully saturated rings. The molecule has 5 rings (SSSR count). The van der Waals surface area contributed by atoms with E-state index in [1.807, 2.05) is 12.1 Å². The Labute approximate surface area is 193 Å². The number of hydrogen-bond donors (Lipinski definition) is 2. The molecule has 2 heterocycles. The summed E-state index contributed by atoms with van der Waals surface area (Å²) in [5.41, 5.74) is 1.46. The van der Waals surface area contributed by atoms with E-state index in [9.17, 15) is 14.4 Å². The number of benzene rings is 1. The van der Waals surface area contributed by atoms with Gasteiger partial charge in [-0.1, -0.05) is 6.42 Å². The highest BCUT2D eigenvalue weighted by molar-refractivity contribution is 6.05. The minimum absolute atomic E-state index is 0.0759. The molecule has 3 amide bonds. The molecule has 0 radical (unpaired) electrons. The van der Waals surface area contributed by atoms with Crippen LogP contribution in [0.3, 0.4) is 0 Å². The van der Waals surface area contributed by atoms with Crippen molar-refractivity contribution < 1.29 is 19.1 Å². The van der Waals surface area contributed by atoms with Gasteiger partial charge in [0, 0.05) is 30.5 Å². The summed E-state index contributed by atoms with van der Waals surface area (Å²) in [6.45, 7) is 1.29. The maximum Gasteiger partial charge on any atom is 0.255 e. The molecule has 2 aliphatic carbocycles. The van der Waals surface area contributed by atoms with Gasteiger partial charge in [-0.15, -0.1) is 0 Å². The first kappa shape index (κ1) is 21.9. The van der Waals surface area contributed by atoms with Gasteiger partial charge in [0.05, 0.1) is 6.07 Å². The molecule has 4 aliphatic rings. The van der Waals surface area contributed by atoms with Gasteiger partial charge >= 0.3 is 0 Å². The number of nitriles is 1. The Morgan fingerprint density at radius 3 is 2.76 bits per heavy atom. The van der Waals surface area contributed by atoms with Crippen molar-refractivity contribution in [3.05, 3.63) is 29.3 Å². The van der Waals surface area contributed by atoms with Crippen molar-refractivity contribution >= 4 is 17.7 Å². The molecule has 2 N–H and O–H groups in total. The molecule has 1 saturated heterocycles. The van der Waals surface area contributed by atoms with Crippen molar-refractivity contribution in [2.45, 2.75) is 76.1 Å². The van der Waals surface area contributed by atoms with Crippen LogP contribution in [0.5, 0.6) is 5.75 Å². The van der Waals surface area contributed by atoms with E-state index >= 15 is 0 Å². The molecule has 8 nitrogen and oxygen atoms in total. The van der Waals surface area contributed by atoms with Gasteiger partial charge in [-0.2, -0.15) is 5.26 Å². The van der Waals surface area contributed by atoms with Crippen LogP contribution in [0, 0.1) is 23.2 Å². The molecule has 0 unspecified atom stereocenters. The summed E-state index contributed by atoms with van der Waals surface area (Å²) in [6.07, 6.45) is 7.05. The molecular formula is C25H30N4O4. The maximum atomic E-state index is 12.9. The highest BCUT2D eigenvalue weighted by Gasteiger charge is 2.39. The molecule has 8 heteroatoms. The molecule has 1 aromatic carbocycles. The number of nitrogens with zero attached hydrogens (tertiary/aromatic N) is 2. The number of rotatable bonds is 6. The topological polar surface area (TPSA) is 112 Å². The molecule has 3 atom stereocenters. The third kappa shape index (κ3) is 4.47. The number of ether oxygens (including phenoxy) is 1. The fourth-order valence-corrected chi connectivity index (χ4v) is 5.60. The normalized spacial score (nSPS) is 31.4. The van der Waals surface area contributed by atoms with Crippen molar-refractivity contribution in [1.82, 2.24) is 15.5 Å². The fourth-order valence-electron chi connectivity index (χ4n) is 5.60. The third-order valence-electron chi connectivity index (χ3n) is 7.57. The summed E-state index contributed by atoms with van der Waals surface area (Å²) in [6, 6.07) is 7.59. The quantitative estimate of drug-likeness (QED) is 0.643. The van der Waals surface area contributed by atoms with Gasteiger partial charge in [-0.3, -0.25) is 19.7 Å². The zero-order valence-corrected chi connectivity index (χ0v) is 18.7. The lowest BCUT2D eigenvalue weighted by Crippen LogP contribution is -2.52. The summed E-state index contributed by atoms with van der Waals surface area (Å²) >= 11 is 0. The van der Waals surface area contributed by atoms with E-state index in [2.05, 4.69) is 16.7 Å². The van der Waals surface area contributed by atoms with Gasteiger partial charge in [-0.05, 0) is 74.8 Å². The summed E-state index contributed by atoms with van der Waals surface area (Å²) in [7, 11) is 0. The molecule has 1 aromatic rings. The van der Waals surface area contributed by atoms with E-state index in [4.69, 9.17) is 10.00 Å². The van der Waals surface area contributed by atoms with Gasteiger partial charge < -0.3 is 15.0 Å². The molecule has 0 aromatic heterocycles. The Morgan fingerprint density at radius 1 is 1.15 bits per heavy atom. The Kier molecular flexibility index (Phi) is 6.07. The number of fused-ring (bicyclic) bond motifs is 1. The average molecular weight is 451 g/mol. The summed E-state index contributed by atoms with van der Waals surface area (Å²) in [4.78, 5) is 38.2. The minimum atomic E-state index is -0.606. The predicted octanol–water partition coefficient (Wildman–Crippen LogP) is 2.28. The molecule has 33 heavy (non-hydrogen) atoms. The van der Waals surface area contributed by atoms with Gasteiger partial charge in [0.15, 0.2) is 0 Å². The highest BCUT2D eigenvalue weighted by atomic mass is 16.5. The number of hydrogen-bond acceptors (Lipinski definition) is 6. The maximum absolute atomic E-state index is 12.9. The first-order chi connectivity index (χ1) is 16.0. The SMILES string of the molecule is N#CC1CC(CN[C@H]2CCCC[C@@H]2Oc2ccc3c(c2)CN([C@H]2CCC(=O)NC2=O)C3=O)C1. The number of nitrogens with one attached hydrogen (secondary N) is 2. The van der Waals surface area contributed by atoms with E-state index in [1.165, 1.54) is 6.42 Å². The molecule has 2 saturated carbocycles. The average Bonchev–Trinajstić information content (AvgIpc) is 3.09. The zero-order chi connectivity index (χ0) is 22.9. The van der Waals surface area contributed by atoms with E-state index in [1.54, 1.807) is 11.0 Å². The molecule has 2 aliphatic heterocycles. The summed E-state index contributed by atoms with van der Waals surface area (Å²) in [5, 5.41) is 15.0. The fraction of sp³-hybridized carbons (Fsp3) is 0.600. The van der Waals surface area contributed by atoms with Gasteiger partial charge in [-0.25, -0.2) is 0 Å². The van der Waals surface area contributed by atoms with Crippen LogP contribution in [0.1, 0.15) is 67.3 Å². The number of imide groups is 1. The Bertz CT molecular complexity index is 997. The number of carbonyl (C=O) groups is 3. The Morgan fingerprint density at radius 2 is 1.97 bits per heavy atom. The number of piperidine rings is 1. The first-order valence-electron chi connectivity index (χ1n) is 12.1.